The van der Waals surface area contributed by atoms with Crippen LogP contribution in [0.3, 0.4) is 0 Å². The molecule has 1 fully saturated rings. The van der Waals surface area contributed by atoms with Crippen molar-refractivity contribution in [1.29, 1.82) is 0 Å². The Morgan fingerprint density at radius 1 is 1.35 bits per heavy atom. The number of aromatic nitrogens is 2. The highest BCUT2D eigenvalue weighted by atomic mass is 32.2. The Labute approximate surface area is 107 Å². The van der Waals surface area contributed by atoms with E-state index in [1.807, 2.05) is 24.8 Å². The minimum absolute atomic E-state index is 0.705. The van der Waals surface area contributed by atoms with Crippen molar-refractivity contribution < 1.29 is 0 Å². The van der Waals surface area contributed by atoms with Crippen LogP contribution in [0.25, 0.3) is 0 Å². The Morgan fingerprint density at radius 2 is 2.12 bits per heavy atom. The van der Waals surface area contributed by atoms with E-state index in [9.17, 15) is 0 Å². The molecular weight excluding hydrogens is 232 g/mol. The lowest BCUT2D eigenvalue weighted by Gasteiger charge is -2.20. The number of rotatable bonds is 4. The molecule has 0 bridgehead atoms. The van der Waals surface area contributed by atoms with Crippen molar-refractivity contribution in [3.05, 3.63) is 17.6 Å². The Kier molecular flexibility index (Phi) is 4.62. The van der Waals surface area contributed by atoms with Crippen LogP contribution in [0.15, 0.2) is 6.07 Å². The van der Waals surface area contributed by atoms with Gasteiger partial charge in [-0.2, -0.15) is 11.8 Å². The molecular formula is C12H20N4S. The molecule has 1 aromatic rings. The summed E-state index contributed by atoms with van der Waals surface area (Å²) < 4.78 is 0. The van der Waals surface area contributed by atoms with Crippen LogP contribution in [-0.2, 0) is 5.75 Å². The quantitative estimate of drug-likeness (QED) is 0.637. The van der Waals surface area contributed by atoms with Gasteiger partial charge in [0.05, 0.1) is 5.75 Å². The Bertz CT molecular complexity index is 364. The van der Waals surface area contributed by atoms with Crippen LogP contribution < -0.4 is 11.3 Å². The van der Waals surface area contributed by atoms with E-state index in [4.69, 9.17) is 5.84 Å². The standard InChI is InChI=1S/C12H20N4S/c1-9-7-11(16-13)15-12(14-9)8-17-10-5-3-2-4-6-10/h7,10H,2-6,8,13H2,1H3,(H,14,15,16). The van der Waals surface area contributed by atoms with E-state index in [2.05, 4.69) is 15.4 Å². The monoisotopic (exact) mass is 252 g/mol. The molecule has 1 saturated carbocycles. The Hall–Kier alpha value is -0.810. The molecule has 94 valence electrons. The topological polar surface area (TPSA) is 63.8 Å². The molecule has 0 aromatic carbocycles. The van der Waals surface area contributed by atoms with Crippen molar-refractivity contribution in [2.75, 3.05) is 5.43 Å². The molecule has 0 aliphatic heterocycles. The largest absolute Gasteiger partial charge is 0.308 e. The highest BCUT2D eigenvalue weighted by molar-refractivity contribution is 7.99. The lowest BCUT2D eigenvalue weighted by atomic mass is 10.0. The zero-order chi connectivity index (χ0) is 12.1. The predicted octanol–water partition coefficient (Wildman–Crippen LogP) is 2.64. The van der Waals surface area contributed by atoms with Crippen molar-refractivity contribution in [1.82, 2.24) is 9.97 Å². The summed E-state index contributed by atoms with van der Waals surface area (Å²) in [6.45, 7) is 1.97. The molecule has 3 N–H and O–H groups in total. The molecule has 2 rings (SSSR count). The second-order valence-electron chi connectivity index (χ2n) is 4.53. The molecule has 0 saturated heterocycles. The van der Waals surface area contributed by atoms with Gasteiger partial charge in [0, 0.05) is 17.0 Å². The van der Waals surface area contributed by atoms with E-state index < -0.39 is 0 Å². The first-order valence-corrected chi connectivity index (χ1v) is 7.25. The number of thioether (sulfide) groups is 1. The smallest absolute Gasteiger partial charge is 0.143 e. The molecule has 1 aliphatic carbocycles. The van der Waals surface area contributed by atoms with Gasteiger partial charge < -0.3 is 5.43 Å². The lowest BCUT2D eigenvalue weighted by Crippen LogP contribution is -2.12. The van der Waals surface area contributed by atoms with Crippen molar-refractivity contribution in [2.24, 2.45) is 5.84 Å². The van der Waals surface area contributed by atoms with E-state index >= 15 is 0 Å². The van der Waals surface area contributed by atoms with Crippen LogP contribution >= 0.6 is 11.8 Å². The van der Waals surface area contributed by atoms with Crippen molar-refractivity contribution >= 4 is 17.6 Å². The van der Waals surface area contributed by atoms with Gasteiger partial charge in [-0.05, 0) is 19.8 Å². The highest BCUT2D eigenvalue weighted by Gasteiger charge is 2.14. The summed E-state index contributed by atoms with van der Waals surface area (Å²) in [6, 6.07) is 1.86. The number of hydrazine groups is 1. The first-order valence-electron chi connectivity index (χ1n) is 6.20. The molecule has 0 atom stereocenters. The lowest BCUT2D eigenvalue weighted by molar-refractivity contribution is 0.516. The zero-order valence-electron chi connectivity index (χ0n) is 10.3. The van der Waals surface area contributed by atoms with Gasteiger partial charge in [-0.1, -0.05) is 19.3 Å². The van der Waals surface area contributed by atoms with E-state index in [1.165, 1.54) is 32.1 Å². The Morgan fingerprint density at radius 3 is 2.82 bits per heavy atom. The molecule has 0 radical (unpaired) electrons. The second-order valence-corrected chi connectivity index (χ2v) is 5.81. The van der Waals surface area contributed by atoms with Crippen LogP contribution in [0.1, 0.15) is 43.6 Å². The van der Waals surface area contributed by atoms with Crippen molar-refractivity contribution in [3.8, 4) is 0 Å². The SMILES string of the molecule is Cc1cc(NN)nc(CSC2CCCCC2)n1. The minimum atomic E-state index is 0.705. The van der Waals surface area contributed by atoms with Crippen molar-refractivity contribution in [2.45, 2.75) is 50.0 Å². The molecule has 0 unspecified atom stereocenters. The van der Waals surface area contributed by atoms with E-state index in [0.717, 1.165) is 22.5 Å². The van der Waals surface area contributed by atoms with Gasteiger partial charge in [0.25, 0.3) is 0 Å². The van der Waals surface area contributed by atoms with Crippen molar-refractivity contribution in [3.63, 3.8) is 0 Å². The van der Waals surface area contributed by atoms with Gasteiger partial charge in [-0.25, -0.2) is 15.8 Å². The summed E-state index contributed by atoms with van der Waals surface area (Å²) in [5, 5.41) is 0.794. The van der Waals surface area contributed by atoms with Gasteiger partial charge in [-0.3, -0.25) is 0 Å². The number of nitrogen functional groups attached to an aromatic ring is 1. The zero-order valence-corrected chi connectivity index (χ0v) is 11.1. The number of aryl methyl sites for hydroxylation is 1. The third-order valence-corrected chi connectivity index (χ3v) is 4.42. The van der Waals surface area contributed by atoms with Crippen LogP contribution in [0, 0.1) is 6.92 Å². The van der Waals surface area contributed by atoms with Gasteiger partial charge in [0.15, 0.2) is 0 Å². The molecule has 1 aliphatic rings. The van der Waals surface area contributed by atoms with Crippen LogP contribution in [0.2, 0.25) is 0 Å². The van der Waals surface area contributed by atoms with E-state index in [1.54, 1.807) is 0 Å². The molecule has 0 spiro atoms. The average Bonchev–Trinajstić information content (AvgIpc) is 2.37. The fraction of sp³-hybridized carbons (Fsp3) is 0.667. The van der Waals surface area contributed by atoms with Gasteiger partial charge in [0.2, 0.25) is 0 Å². The summed E-state index contributed by atoms with van der Waals surface area (Å²) in [4.78, 5) is 8.81. The molecule has 1 aromatic heterocycles. The maximum atomic E-state index is 5.38. The number of hydrogen-bond acceptors (Lipinski definition) is 5. The van der Waals surface area contributed by atoms with Crippen LogP contribution in [-0.4, -0.2) is 15.2 Å². The minimum Gasteiger partial charge on any atom is -0.308 e. The van der Waals surface area contributed by atoms with Gasteiger partial charge >= 0.3 is 0 Å². The third kappa shape index (κ3) is 3.85. The fourth-order valence-corrected chi connectivity index (χ4v) is 3.37. The maximum Gasteiger partial charge on any atom is 0.143 e. The van der Waals surface area contributed by atoms with Gasteiger partial charge in [-0.15, -0.1) is 0 Å². The normalized spacial score (nSPS) is 17.1. The first-order chi connectivity index (χ1) is 8.28. The third-order valence-electron chi connectivity index (χ3n) is 3.05. The number of anilines is 1. The number of nitrogens with two attached hydrogens (primary N) is 1. The molecule has 4 nitrogen and oxygen atoms in total. The fourth-order valence-electron chi connectivity index (χ4n) is 2.19. The van der Waals surface area contributed by atoms with E-state index in [0.29, 0.717) is 5.82 Å². The average molecular weight is 252 g/mol. The summed E-state index contributed by atoms with van der Waals surface area (Å²) in [5.41, 5.74) is 3.55. The summed E-state index contributed by atoms with van der Waals surface area (Å²) in [6.07, 6.45) is 6.85. The van der Waals surface area contributed by atoms with Gasteiger partial charge in [0.1, 0.15) is 11.6 Å². The second kappa shape index (κ2) is 6.21. The van der Waals surface area contributed by atoms with Crippen LogP contribution in [0.4, 0.5) is 5.82 Å². The number of hydrogen-bond donors (Lipinski definition) is 2. The number of nitrogens with zero attached hydrogens (tertiary/aromatic N) is 2. The molecule has 0 amide bonds. The highest BCUT2D eigenvalue weighted by Crippen LogP contribution is 2.29. The molecule has 5 heteroatoms. The Balaban J connectivity index is 1.91. The first kappa shape index (κ1) is 12.6. The molecule has 17 heavy (non-hydrogen) atoms. The number of nitrogens with one attached hydrogen (secondary N) is 1. The van der Waals surface area contributed by atoms with E-state index in [-0.39, 0.29) is 0 Å². The summed E-state index contributed by atoms with van der Waals surface area (Å²) >= 11 is 1.98. The summed E-state index contributed by atoms with van der Waals surface area (Å²) in [7, 11) is 0. The summed E-state index contributed by atoms with van der Waals surface area (Å²) in [5.74, 6) is 7.86. The predicted molar refractivity (Wildman–Crippen MR) is 72.7 cm³/mol. The van der Waals surface area contributed by atoms with Crippen LogP contribution in [0.5, 0.6) is 0 Å². The maximum absolute atomic E-state index is 5.38. The molecule has 1 heterocycles.